The summed E-state index contributed by atoms with van der Waals surface area (Å²) in [6.45, 7) is 1.86. The third-order valence-corrected chi connectivity index (χ3v) is 2.14. The maximum atomic E-state index is 11.5. The van der Waals surface area contributed by atoms with Crippen molar-refractivity contribution in [3.05, 3.63) is 0 Å². The second-order valence-electron chi connectivity index (χ2n) is 3.80. The molecule has 0 saturated carbocycles. The van der Waals surface area contributed by atoms with Crippen LogP contribution >= 0.6 is 0 Å². The topological polar surface area (TPSA) is 130 Å². The lowest BCUT2D eigenvalue weighted by molar-refractivity contribution is -0.140. The SMILES string of the molecule is CCCC(CC(=O)O)NC(=O)C(N)CC(=O)O. The Balaban J connectivity index is 4.28. The second kappa shape index (κ2) is 7.61. The van der Waals surface area contributed by atoms with Gasteiger partial charge in [-0.15, -0.1) is 0 Å². The maximum Gasteiger partial charge on any atom is 0.305 e. The minimum Gasteiger partial charge on any atom is -0.481 e. The summed E-state index contributed by atoms with van der Waals surface area (Å²) in [5.41, 5.74) is 5.35. The van der Waals surface area contributed by atoms with Crippen LogP contribution in [-0.4, -0.2) is 40.1 Å². The number of nitrogens with two attached hydrogens (primary N) is 1. The first kappa shape index (κ1) is 15.4. The van der Waals surface area contributed by atoms with Crippen LogP contribution in [0.2, 0.25) is 0 Å². The number of hydrogen-bond acceptors (Lipinski definition) is 4. The molecule has 1 amide bonds. The molecule has 0 aromatic heterocycles. The number of rotatable bonds is 8. The van der Waals surface area contributed by atoms with E-state index in [4.69, 9.17) is 15.9 Å². The molecular formula is C10H18N2O5. The van der Waals surface area contributed by atoms with Gasteiger partial charge in [-0.2, -0.15) is 0 Å². The standard InChI is InChI=1S/C10H18N2O5/c1-2-3-6(4-8(13)14)12-10(17)7(11)5-9(15)16/h6-7H,2-5,11H2,1H3,(H,12,17)(H,13,14)(H,15,16). The Morgan fingerprint density at radius 3 is 2.12 bits per heavy atom. The number of carbonyl (C=O) groups excluding carboxylic acids is 1. The first-order valence-corrected chi connectivity index (χ1v) is 5.36. The minimum atomic E-state index is -1.17. The van der Waals surface area contributed by atoms with Crippen LogP contribution in [-0.2, 0) is 14.4 Å². The van der Waals surface area contributed by atoms with E-state index in [9.17, 15) is 14.4 Å². The van der Waals surface area contributed by atoms with Gasteiger partial charge in [-0.3, -0.25) is 14.4 Å². The van der Waals surface area contributed by atoms with E-state index in [0.29, 0.717) is 12.8 Å². The molecule has 0 bridgehead atoms. The van der Waals surface area contributed by atoms with E-state index in [-0.39, 0.29) is 6.42 Å². The fourth-order valence-electron chi connectivity index (χ4n) is 1.37. The van der Waals surface area contributed by atoms with E-state index in [1.807, 2.05) is 6.92 Å². The van der Waals surface area contributed by atoms with Crippen LogP contribution in [0.3, 0.4) is 0 Å². The molecule has 0 spiro atoms. The summed E-state index contributed by atoms with van der Waals surface area (Å²) in [6, 6.07) is -1.66. The minimum absolute atomic E-state index is 0.195. The second-order valence-corrected chi connectivity index (χ2v) is 3.80. The highest BCUT2D eigenvalue weighted by molar-refractivity contribution is 5.86. The van der Waals surface area contributed by atoms with E-state index >= 15 is 0 Å². The van der Waals surface area contributed by atoms with Crippen LogP contribution in [0.5, 0.6) is 0 Å². The van der Waals surface area contributed by atoms with Gasteiger partial charge in [0.1, 0.15) is 0 Å². The summed E-state index contributed by atoms with van der Waals surface area (Å²) in [5.74, 6) is -2.82. The van der Waals surface area contributed by atoms with Gasteiger partial charge >= 0.3 is 11.9 Å². The zero-order chi connectivity index (χ0) is 13.4. The average molecular weight is 246 g/mol. The van der Waals surface area contributed by atoms with Crippen LogP contribution < -0.4 is 11.1 Å². The molecule has 0 heterocycles. The molecular weight excluding hydrogens is 228 g/mol. The lowest BCUT2D eigenvalue weighted by Crippen LogP contribution is -2.46. The number of amides is 1. The van der Waals surface area contributed by atoms with E-state index in [1.165, 1.54) is 0 Å². The van der Waals surface area contributed by atoms with Gasteiger partial charge in [-0.1, -0.05) is 13.3 Å². The number of carboxylic acid groups (broad SMARTS) is 2. The summed E-state index contributed by atoms with van der Waals surface area (Å²) >= 11 is 0. The van der Waals surface area contributed by atoms with Crippen LogP contribution in [0.25, 0.3) is 0 Å². The Morgan fingerprint density at radius 2 is 1.71 bits per heavy atom. The molecule has 2 atom stereocenters. The number of carboxylic acids is 2. The van der Waals surface area contributed by atoms with Gasteiger partial charge in [0.25, 0.3) is 0 Å². The quantitative estimate of drug-likeness (QED) is 0.459. The fraction of sp³-hybridized carbons (Fsp3) is 0.700. The number of hydrogen-bond donors (Lipinski definition) is 4. The van der Waals surface area contributed by atoms with Crippen molar-refractivity contribution < 1.29 is 24.6 Å². The van der Waals surface area contributed by atoms with Crippen LogP contribution in [0, 0.1) is 0 Å². The molecule has 0 rings (SSSR count). The first-order chi connectivity index (χ1) is 7.86. The van der Waals surface area contributed by atoms with Crippen molar-refractivity contribution >= 4 is 17.8 Å². The highest BCUT2D eigenvalue weighted by Gasteiger charge is 2.21. The van der Waals surface area contributed by atoms with Crippen molar-refractivity contribution in [3.63, 3.8) is 0 Å². The highest BCUT2D eigenvalue weighted by Crippen LogP contribution is 2.02. The van der Waals surface area contributed by atoms with Gasteiger partial charge in [-0.25, -0.2) is 0 Å². The monoisotopic (exact) mass is 246 g/mol. The number of nitrogens with one attached hydrogen (secondary N) is 1. The summed E-state index contributed by atoms with van der Waals surface area (Å²) in [7, 11) is 0. The molecule has 2 unspecified atom stereocenters. The summed E-state index contributed by atoms with van der Waals surface area (Å²) in [5, 5.41) is 19.5. The van der Waals surface area contributed by atoms with Crippen LogP contribution in [0.1, 0.15) is 32.6 Å². The maximum absolute atomic E-state index is 11.5. The van der Waals surface area contributed by atoms with Crippen molar-refractivity contribution in [2.24, 2.45) is 5.73 Å². The Labute approximate surface area is 99.0 Å². The van der Waals surface area contributed by atoms with E-state index in [2.05, 4.69) is 5.32 Å². The van der Waals surface area contributed by atoms with Gasteiger partial charge in [0, 0.05) is 6.04 Å². The van der Waals surface area contributed by atoms with Crippen LogP contribution in [0.15, 0.2) is 0 Å². The van der Waals surface area contributed by atoms with E-state index in [0.717, 1.165) is 0 Å². The lowest BCUT2D eigenvalue weighted by Gasteiger charge is -2.18. The summed E-state index contributed by atoms with van der Waals surface area (Å²) < 4.78 is 0. The Hall–Kier alpha value is -1.63. The molecule has 0 fully saturated rings. The van der Waals surface area contributed by atoms with E-state index < -0.39 is 36.4 Å². The summed E-state index contributed by atoms with van der Waals surface area (Å²) in [4.78, 5) is 32.3. The molecule has 0 aliphatic rings. The molecule has 0 aliphatic heterocycles. The van der Waals surface area contributed by atoms with Gasteiger partial charge in [0.2, 0.25) is 5.91 Å². The molecule has 0 radical (unpaired) electrons. The summed E-state index contributed by atoms with van der Waals surface area (Å²) in [6.07, 6.45) is 0.557. The van der Waals surface area contributed by atoms with Gasteiger partial charge < -0.3 is 21.3 Å². The molecule has 7 nitrogen and oxygen atoms in total. The van der Waals surface area contributed by atoms with Crippen molar-refractivity contribution in [1.29, 1.82) is 0 Å². The number of carbonyl (C=O) groups is 3. The zero-order valence-electron chi connectivity index (χ0n) is 9.68. The first-order valence-electron chi connectivity index (χ1n) is 5.36. The lowest BCUT2D eigenvalue weighted by atomic mass is 10.1. The molecule has 0 aliphatic carbocycles. The fourth-order valence-corrected chi connectivity index (χ4v) is 1.37. The van der Waals surface area contributed by atoms with Crippen molar-refractivity contribution in [2.45, 2.75) is 44.7 Å². The van der Waals surface area contributed by atoms with Gasteiger partial charge in [0.15, 0.2) is 0 Å². The molecule has 5 N–H and O–H groups in total. The molecule has 0 aromatic rings. The Bertz CT molecular complexity index is 292. The Morgan fingerprint density at radius 1 is 1.18 bits per heavy atom. The largest absolute Gasteiger partial charge is 0.481 e. The van der Waals surface area contributed by atoms with E-state index in [1.54, 1.807) is 0 Å². The predicted octanol–water partition coefficient (Wildman–Crippen LogP) is -0.452. The van der Waals surface area contributed by atoms with Crippen molar-refractivity contribution in [1.82, 2.24) is 5.32 Å². The zero-order valence-corrected chi connectivity index (χ0v) is 9.68. The van der Waals surface area contributed by atoms with Crippen LogP contribution in [0.4, 0.5) is 0 Å². The molecule has 98 valence electrons. The predicted molar refractivity (Wildman–Crippen MR) is 59.3 cm³/mol. The third kappa shape index (κ3) is 7.29. The van der Waals surface area contributed by atoms with Gasteiger partial charge in [0.05, 0.1) is 18.9 Å². The van der Waals surface area contributed by atoms with Gasteiger partial charge in [-0.05, 0) is 6.42 Å². The van der Waals surface area contributed by atoms with Crippen molar-refractivity contribution in [3.8, 4) is 0 Å². The highest BCUT2D eigenvalue weighted by atomic mass is 16.4. The normalized spacial score (nSPS) is 13.8. The van der Waals surface area contributed by atoms with Crippen molar-refractivity contribution in [2.75, 3.05) is 0 Å². The molecule has 0 aromatic carbocycles. The molecule has 17 heavy (non-hydrogen) atoms. The Kier molecular flexibility index (Phi) is 6.88. The molecule has 0 saturated heterocycles. The smallest absolute Gasteiger partial charge is 0.305 e. The third-order valence-electron chi connectivity index (χ3n) is 2.14. The average Bonchev–Trinajstić information content (AvgIpc) is 2.15. The number of aliphatic carboxylic acids is 2. The molecule has 7 heteroatoms.